The summed E-state index contributed by atoms with van der Waals surface area (Å²) in [6.45, 7) is 5.09. The highest BCUT2D eigenvalue weighted by Gasteiger charge is 2.38. The second kappa shape index (κ2) is 9.42. The van der Waals surface area contributed by atoms with Crippen molar-refractivity contribution in [3.8, 4) is 0 Å². The van der Waals surface area contributed by atoms with E-state index in [1.807, 2.05) is 0 Å². The number of methoxy groups -OCH3 is 1. The Bertz CT molecular complexity index is 1050. The van der Waals surface area contributed by atoms with Gasteiger partial charge in [0.2, 0.25) is 11.7 Å². The Kier molecular flexibility index (Phi) is 6.69. The lowest BCUT2D eigenvalue weighted by molar-refractivity contribution is -0.139. The summed E-state index contributed by atoms with van der Waals surface area (Å²) in [5.74, 6) is -2.58. The van der Waals surface area contributed by atoms with E-state index in [1.165, 1.54) is 36.3 Å². The number of carbonyl (C=O) groups is 3. The monoisotopic (exact) mass is 427 g/mol. The van der Waals surface area contributed by atoms with E-state index in [4.69, 9.17) is 9.15 Å². The molecule has 162 valence electrons. The second-order valence-corrected chi connectivity index (χ2v) is 6.90. The number of allylic oxidation sites excluding steroid dienone is 1. The van der Waals surface area contributed by atoms with Crippen LogP contribution in [0.15, 0.2) is 64.7 Å². The standard InChI is InChI=1S/C23H22FNO6/c1-4-11-30-23(28)21-14(2)25(13-15-9-10-19(31-15)22(27)29-3)20(26)12-17(21)16-7-5-6-8-18(16)24/h4-10,17H,1,11-13H2,2-3H3. The van der Waals surface area contributed by atoms with Crippen molar-refractivity contribution in [3.63, 3.8) is 0 Å². The summed E-state index contributed by atoms with van der Waals surface area (Å²) < 4.78 is 29.8. The average molecular weight is 427 g/mol. The summed E-state index contributed by atoms with van der Waals surface area (Å²) in [7, 11) is 1.23. The quantitative estimate of drug-likeness (QED) is 0.495. The molecule has 1 aliphatic rings. The summed E-state index contributed by atoms with van der Waals surface area (Å²) in [4.78, 5) is 38.8. The van der Waals surface area contributed by atoms with Gasteiger partial charge in [0.05, 0.1) is 19.2 Å². The van der Waals surface area contributed by atoms with E-state index in [2.05, 4.69) is 11.3 Å². The number of hydrogen-bond acceptors (Lipinski definition) is 6. The minimum Gasteiger partial charge on any atom is -0.463 e. The minimum absolute atomic E-state index is 0.00144. The highest BCUT2D eigenvalue weighted by molar-refractivity contribution is 5.96. The van der Waals surface area contributed by atoms with Gasteiger partial charge in [-0.2, -0.15) is 0 Å². The number of amides is 1. The molecule has 0 radical (unpaired) electrons. The van der Waals surface area contributed by atoms with Gasteiger partial charge in [-0.3, -0.25) is 4.79 Å². The molecule has 1 amide bonds. The number of ether oxygens (including phenoxy) is 2. The molecule has 7 nitrogen and oxygen atoms in total. The number of benzene rings is 1. The van der Waals surface area contributed by atoms with E-state index in [0.717, 1.165) is 0 Å². The van der Waals surface area contributed by atoms with Crippen molar-refractivity contribution < 1.29 is 32.7 Å². The molecule has 31 heavy (non-hydrogen) atoms. The Balaban J connectivity index is 2.00. The van der Waals surface area contributed by atoms with Crippen LogP contribution in [0.3, 0.4) is 0 Å². The lowest BCUT2D eigenvalue weighted by Gasteiger charge is -2.34. The van der Waals surface area contributed by atoms with Crippen molar-refractivity contribution in [2.24, 2.45) is 0 Å². The number of hydrogen-bond donors (Lipinski definition) is 0. The highest BCUT2D eigenvalue weighted by atomic mass is 19.1. The Morgan fingerprint density at radius 2 is 2.00 bits per heavy atom. The maximum Gasteiger partial charge on any atom is 0.373 e. The van der Waals surface area contributed by atoms with E-state index in [1.54, 1.807) is 25.1 Å². The van der Waals surface area contributed by atoms with Gasteiger partial charge in [-0.1, -0.05) is 30.9 Å². The van der Waals surface area contributed by atoms with E-state index in [9.17, 15) is 18.8 Å². The highest BCUT2D eigenvalue weighted by Crippen LogP contribution is 2.38. The molecule has 1 unspecified atom stereocenters. The Hall–Kier alpha value is -3.68. The first-order valence-electron chi connectivity index (χ1n) is 9.58. The van der Waals surface area contributed by atoms with Crippen molar-refractivity contribution in [2.45, 2.75) is 25.8 Å². The van der Waals surface area contributed by atoms with Crippen LogP contribution in [-0.4, -0.2) is 36.5 Å². The molecule has 0 spiro atoms. The van der Waals surface area contributed by atoms with Gasteiger partial charge in [-0.05, 0) is 30.7 Å². The first-order chi connectivity index (χ1) is 14.9. The van der Waals surface area contributed by atoms with Crippen LogP contribution in [0.1, 0.15) is 41.1 Å². The number of halogens is 1. The second-order valence-electron chi connectivity index (χ2n) is 6.90. The van der Waals surface area contributed by atoms with Crippen LogP contribution < -0.4 is 0 Å². The Morgan fingerprint density at radius 3 is 2.68 bits per heavy atom. The lowest BCUT2D eigenvalue weighted by atomic mass is 9.83. The molecule has 1 atom stereocenters. The van der Waals surface area contributed by atoms with Crippen LogP contribution in [0.5, 0.6) is 0 Å². The molecule has 2 aromatic rings. The fourth-order valence-corrected chi connectivity index (χ4v) is 3.53. The zero-order valence-corrected chi connectivity index (χ0v) is 17.2. The number of carbonyl (C=O) groups excluding carboxylic acids is 3. The number of rotatable bonds is 7. The number of nitrogens with zero attached hydrogens (tertiary/aromatic N) is 1. The Labute approximate surface area is 178 Å². The molecule has 0 fully saturated rings. The van der Waals surface area contributed by atoms with Crippen LogP contribution >= 0.6 is 0 Å². The van der Waals surface area contributed by atoms with Gasteiger partial charge < -0.3 is 18.8 Å². The SMILES string of the molecule is C=CCOC(=O)C1=C(C)N(Cc2ccc(C(=O)OC)o2)C(=O)CC1c1ccccc1F. The zero-order valence-electron chi connectivity index (χ0n) is 17.2. The molecule has 1 aliphatic heterocycles. The normalized spacial score (nSPS) is 16.3. The topological polar surface area (TPSA) is 86.1 Å². The van der Waals surface area contributed by atoms with E-state index < -0.39 is 23.7 Å². The van der Waals surface area contributed by atoms with Crippen LogP contribution in [0.2, 0.25) is 0 Å². The Morgan fingerprint density at radius 1 is 1.26 bits per heavy atom. The van der Waals surface area contributed by atoms with Gasteiger partial charge in [0.1, 0.15) is 18.2 Å². The largest absolute Gasteiger partial charge is 0.463 e. The predicted molar refractivity (Wildman–Crippen MR) is 108 cm³/mol. The minimum atomic E-state index is -0.788. The van der Waals surface area contributed by atoms with Crippen molar-refractivity contribution in [1.29, 1.82) is 0 Å². The number of furan rings is 1. The molecular weight excluding hydrogens is 405 g/mol. The molecule has 0 saturated heterocycles. The van der Waals surface area contributed by atoms with Gasteiger partial charge in [-0.15, -0.1) is 0 Å². The van der Waals surface area contributed by atoms with Crippen molar-refractivity contribution in [2.75, 3.05) is 13.7 Å². The molecule has 0 saturated carbocycles. The molecule has 0 aliphatic carbocycles. The van der Waals surface area contributed by atoms with E-state index in [0.29, 0.717) is 11.5 Å². The molecular formula is C23H22FNO6. The van der Waals surface area contributed by atoms with Crippen LogP contribution in [0.4, 0.5) is 4.39 Å². The first kappa shape index (κ1) is 22.0. The molecule has 0 N–H and O–H groups in total. The van der Waals surface area contributed by atoms with Crippen molar-refractivity contribution >= 4 is 17.8 Å². The maximum absolute atomic E-state index is 14.5. The van der Waals surface area contributed by atoms with Gasteiger partial charge in [0.15, 0.2) is 0 Å². The summed E-state index contributed by atoms with van der Waals surface area (Å²) in [6.07, 6.45) is 1.30. The molecule has 1 aromatic heterocycles. The van der Waals surface area contributed by atoms with Gasteiger partial charge in [-0.25, -0.2) is 14.0 Å². The van der Waals surface area contributed by atoms with E-state index in [-0.39, 0.29) is 42.4 Å². The van der Waals surface area contributed by atoms with Crippen molar-refractivity contribution in [3.05, 3.63) is 83.2 Å². The predicted octanol–water partition coefficient (Wildman–Crippen LogP) is 3.72. The summed E-state index contributed by atoms with van der Waals surface area (Å²) in [5, 5.41) is 0. The molecule has 1 aromatic carbocycles. The summed E-state index contributed by atoms with van der Waals surface area (Å²) in [6, 6.07) is 9.01. The van der Waals surface area contributed by atoms with Crippen LogP contribution in [-0.2, 0) is 25.6 Å². The fraction of sp³-hybridized carbons (Fsp3) is 0.261. The van der Waals surface area contributed by atoms with Crippen LogP contribution in [0.25, 0.3) is 0 Å². The summed E-state index contributed by atoms with van der Waals surface area (Å²) in [5.41, 5.74) is 0.757. The van der Waals surface area contributed by atoms with Gasteiger partial charge in [0, 0.05) is 18.0 Å². The molecule has 2 heterocycles. The van der Waals surface area contributed by atoms with E-state index >= 15 is 0 Å². The molecule has 0 bridgehead atoms. The lowest BCUT2D eigenvalue weighted by Crippen LogP contribution is -2.38. The fourth-order valence-electron chi connectivity index (χ4n) is 3.53. The third kappa shape index (κ3) is 4.58. The van der Waals surface area contributed by atoms with Crippen molar-refractivity contribution in [1.82, 2.24) is 4.90 Å². The van der Waals surface area contributed by atoms with Crippen LogP contribution in [0, 0.1) is 5.82 Å². The smallest absolute Gasteiger partial charge is 0.373 e. The zero-order chi connectivity index (χ0) is 22.5. The third-order valence-electron chi connectivity index (χ3n) is 5.02. The van der Waals surface area contributed by atoms with Gasteiger partial charge in [0.25, 0.3) is 0 Å². The average Bonchev–Trinajstić information content (AvgIpc) is 3.23. The first-order valence-corrected chi connectivity index (χ1v) is 9.58. The summed E-state index contributed by atoms with van der Waals surface area (Å²) >= 11 is 0. The third-order valence-corrected chi connectivity index (χ3v) is 5.02. The molecule has 3 rings (SSSR count). The maximum atomic E-state index is 14.5. The number of esters is 2. The molecule has 8 heteroatoms. The van der Waals surface area contributed by atoms with Gasteiger partial charge >= 0.3 is 11.9 Å².